The standard InChI is InChI=1S/C35H36N2O2/c1-4-20-37-32-21-25(35(38)39)14-15-29(32)33(24-11-6-5-7-12-24)34(37)28-17-19-31-27(23(28)3)16-18-30(36-31)26-13-9-8-10-22(26)2/h8-10,13-19,21,24H,4-7,11-12,20H2,1-3H3,(H,38,39). The maximum atomic E-state index is 11.9. The van der Waals surface area contributed by atoms with Crippen molar-refractivity contribution in [3.63, 3.8) is 0 Å². The van der Waals surface area contributed by atoms with Crippen LogP contribution in [-0.2, 0) is 6.54 Å². The number of aromatic carboxylic acids is 1. The number of carboxylic acid groups (broad SMARTS) is 1. The Labute approximate surface area is 230 Å². The van der Waals surface area contributed by atoms with Crippen molar-refractivity contribution in [1.29, 1.82) is 0 Å². The van der Waals surface area contributed by atoms with Gasteiger partial charge in [0, 0.05) is 34.0 Å². The molecule has 1 aliphatic rings. The molecule has 2 heterocycles. The molecule has 4 nitrogen and oxygen atoms in total. The minimum absolute atomic E-state index is 0.349. The number of nitrogens with zero attached hydrogens (tertiary/aromatic N) is 2. The molecular formula is C35H36N2O2. The van der Waals surface area contributed by atoms with E-state index in [2.05, 4.69) is 79.9 Å². The summed E-state index contributed by atoms with van der Waals surface area (Å²) in [7, 11) is 0. The molecule has 4 heteroatoms. The lowest BCUT2D eigenvalue weighted by Crippen LogP contribution is -2.08. The van der Waals surface area contributed by atoms with Gasteiger partial charge < -0.3 is 9.67 Å². The van der Waals surface area contributed by atoms with Crippen LogP contribution in [0.5, 0.6) is 0 Å². The quantitative estimate of drug-likeness (QED) is 0.245. The van der Waals surface area contributed by atoms with Crippen molar-refractivity contribution in [3.8, 4) is 22.5 Å². The number of carboxylic acids is 1. The molecule has 0 saturated heterocycles. The Hall–Kier alpha value is -3.92. The number of carbonyl (C=O) groups is 1. The summed E-state index contributed by atoms with van der Waals surface area (Å²) in [5.74, 6) is -0.388. The highest BCUT2D eigenvalue weighted by atomic mass is 16.4. The van der Waals surface area contributed by atoms with Crippen molar-refractivity contribution in [2.24, 2.45) is 0 Å². The molecule has 39 heavy (non-hydrogen) atoms. The molecular weight excluding hydrogens is 480 g/mol. The number of hydrogen-bond donors (Lipinski definition) is 1. The SMILES string of the molecule is CCCn1c(-c2ccc3nc(-c4ccccc4C)ccc3c2C)c(C2CCCCC2)c2ccc(C(=O)O)cc21. The summed E-state index contributed by atoms with van der Waals surface area (Å²) < 4.78 is 2.40. The zero-order valence-corrected chi connectivity index (χ0v) is 23.1. The van der Waals surface area contributed by atoms with Gasteiger partial charge in [0.05, 0.1) is 22.5 Å². The lowest BCUT2D eigenvalue weighted by Gasteiger charge is -2.24. The van der Waals surface area contributed by atoms with E-state index in [4.69, 9.17) is 4.98 Å². The highest BCUT2D eigenvalue weighted by Crippen LogP contribution is 2.46. The van der Waals surface area contributed by atoms with Crippen molar-refractivity contribution < 1.29 is 9.90 Å². The summed E-state index contributed by atoms with van der Waals surface area (Å²) in [6.07, 6.45) is 7.15. The first-order valence-corrected chi connectivity index (χ1v) is 14.3. The summed E-state index contributed by atoms with van der Waals surface area (Å²) in [5, 5.41) is 12.2. The Kier molecular flexibility index (Phi) is 6.72. The van der Waals surface area contributed by atoms with Gasteiger partial charge in [-0.3, -0.25) is 0 Å². The first-order chi connectivity index (χ1) is 19.0. The van der Waals surface area contributed by atoms with Crippen LogP contribution >= 0.6 is 0 Å². The molecule has 0 amide bonds. The van der Waals surface area contributed by atoms with E-state index in [1.54, 1.807) is 6.07 Å². The Bertz CT molecular complexity index is 1710. The number of hydrogen-bond acceptors (Lipinski definition) is 2. The van der Waals surface area contributed by atoms with Crippen LogP contribution in [-0.4, -0.2) is 20.6 Å². The van der Waals surface area contributed by atoms with Crippen LogP contribution in [0.3, 0.4) is 0 Å². The third kappa shape index (κ3) is 4.42. The fourth-order valence-electron chi connectivity index (χ4n) is 6.68. The molecule has 0 radical (unpaired) electrons. The van der Waals surface area contributed by atoms with Crippen molar-refractivity contribution in [2.75, 3.05) is 0 Å². The molecule has 1 saturated carbocycles. The van der Waals surface area contributed by atoms with Gasteiger partial charge in [0.1, 0.15) is 0 Å². The van der Waals surface area contributed by atoms with Gasteiger partial charge in [-0.2, -0.15) is 0 Å². The van der Waals surface area contributed by atoms with Crippen molar-refractivity contribution in [3.05, 3.63) is 89.0 Å². The average molecular weight is 517 g/mol. The van der Waals surface area contributed by atoms with Gasteiger partial charge in [-0.1, -0.05) is 68.7 Å². The maximum Gasteiger partial charge on any atom is 0.335 e. The summed E-state index contributed by atoms with van der Waals surface area (Å²) >= 11 is 0. The molecule has 1 N–H and O–H groups in total. The van der Waals surface area contributed by atoms with Gasteiger partial charge in [-0.05, 0) is 80.0 Å². The van der Waals surface area contributed by atoms with Crippen LogP contribution in [0.15, 0.2) is 66.7 Å². The second-order valence-electron chi connectivity index (χ2n) is 11.1. The van der Waals surface area contributed by atoms with Gasteiger partial charge in [0.2, 0.25) is 0 Å². The lowest BCUT2D eigenvalue weighted by molar-refractivity contribution is 0.0697. The predicted molar refractivity (Wildman–Crippen MR) is 161 cm³/mol. The molecule has 6 rings (SSSR count). The number of aromatic nitrogens is 2. The topological polar surface area (TPSA) is 55.1 Å². The number of fused-ring (bicyclic) bond motifs is 2. The zero-order chi connectivity index (χ0) is 27.1. The molecule has 0 aliphatic heterocycles. The van der Waals surface area contributed by atoms with E-state index in [1.807, 2.05) is 6.07 Å². The second kappa shape index (κ2) is 10.3. The third-order valence-corrected chi connectivity index (χ3v) is 8.63. The number of aryl methyl sites for hydroxylation is 3. The fourth-order valence-corrected chi connectivity index (χ4v) is 6.68. The monoisotopic (exact) mass is 516 g/mol. The van der Waals surface area contributed by atoms with Gasteiger partial charge >= 0.3 is 5.97 Å². The largest absolute Gasteiger partial charge is 0.478 e. The molecule has 1 aliphatic carbocycles. The molecule has 1 fully saturated rings. The van der Waals surface area contributed by atoms with E-state index in [-0.39, 0.29) is 0 Å². The lowest BCUT2D eigenvalue weighted by atomic mass is 9.81. The molecule has 0 atom stereocenters. The zero-order valence-electron chi connectivity index (χ0n) is 23.1. The first-order valence-electron chi connectivity index (χ1n) is 14.3. The number of pyridine rings is 1. The van der Waals surface area contributed by atoms with Crippen molar-refractivity contribution in [1.82, 2.24) is 9.55 Å². The molecule has 198 valence electrons. The van der Waals surface area contributed by atoms with Gasteiger partial charge in [0.25, 0.3) is 0 Å². The van der Waals surface area contributed by atoms with Crippen LogP contribution < -0.4 is 0 Å². The Morgan fingerprint density at radius 3 is 2.44 bits per heavy atom. The minimum Gasteiger partial charge on any atom is -0.478 e. The van der Waals surface area contributed by atoms with E-state index in [0.29, 0.717) is 11.5 Å². The molecule has 0 bridgehead atoms. The third-order valence-electron chi connectivity index (χ3n) is 8.63. The maximum absolute atomic E-state index is 11.9. The average Bonchev–Trinajstić information content (AvgIpc) is 3.27. The molecule has 3 aromatic carbocycles. The molecule has 5 aromatic rings. The van der Waals surface area contributed by atoms with Crippen molar-refractivity contribution >= 4 is 27.8 Å². The highest BCUT2D eigenvalue weighted by molar-refractivity contribution is 6.00. The Morgan fingerprint density at radius 2 is 1.69 bits per heavy atom. The van der Waals surface area contributed by atoms with Crippen LogP contribution in [0.2, 0.25) is 0 Å². The van der Waals surface area contributed by atoms with Crippen LogP contribution in [0.25, 0.3) is 44.3 Å². The van der Waals surface area contributed by atoms with Gasteiger partial charge in [-0.15, -0.1) is 0 Å². The summed E-state index contributed by atoms with van der Waals surface area (Å²) in [4.78, 5) is 17.0. The number of rotatable bonds is 6. The van der Waals surface area contributed by atoms with E-state index in [0.717, 1.165) is 35.3 Å². The van der Waals surface area contributed by atoms with Crippen LogP contribution in [0.1, 0.15) is 78.4 Å². The first kappa shape index (κ1) is 25.4. The molecule has 0 spiro atoms. The summed E-state index contributed by atoms with van der Waals surface area (Å²) in [6.45, 7) is 7.39. The Morgan fingerprint density at radius 1 is 0.923 bits per heavy atom. The molecule has 0 unspecified atom stereocenters. The van der Waals surface area contributed by atoms with E-state index >= 15 is 0 Å². The summed E-state index contributed by atoms with van der Waals surface area (Å²) in [5.41, 5.74) is 10.9. The molecule has 2 aromatic heterocycles. The van der Waals surface area contributed by atoms with E-state index < -0.39 is 5.97 Å². The fraction of sp³-hybridized carbons (Fsp3) is 0.314. The smallest absolute Gasteiger partial charge is 0.335 e. The van der Waals surface area contributed by atoms with E-state index in [9.17, 15) is 9.90 Å². The van der Waals surface area contributed by atoms with Gasteiger partial charge in [-0.25, -0.2) is 9.78 Å². The van der Waals surface area contributed by atoms with Crippen LogP contribution in [0.4, 0.5) is 0 Å². The van der Waals surface area contributed by atoms with Crippen LogP contribution in [0, 0.1) is 13.8 Å². The minimum atomic E-state index is -0.876. The highest BCUT2D eigenvalue weighted by Gasteiger charge is 2.28. The second-order valence-corrected chi connectivity index (χ2v) is 11.1. The normalized spacial score (nSPS) is 14.3. The summed E-state index contributed by atoms with van der Waals surface area (Å²) in [6, 6.07) is 22.9. The van der Waals surface area contributed by atoms with Gasteiger partial charge in [0.15, 0.2) is 0 Å². The Balaban J connectivity index is 1.59. The predicted octanol–water partition coefficient (Wildman–Crippen LogP) is 9.30. The number of benzene rings is 3. The van der Waals surface area contributed by atoms with E-state index in [1.165, 1.54) is 70.8 Å². The van der Waals surface area contributed by atoms with Crippen molar-refractivity contribution in [2.45, 2.75) is 71.8 Å².